The van der Waals surface area contributed by atoms with Gasteiger partial charge in [-0.15, -0.1) is 0 Å². The molecule has 1 N–H and O–H groups in total. The molecule has 1 amide bonds. The van der Waals surface area contributed by atoms with Crippen molar-refractivity contribution in [2.24, 2.45) is 0 Å². The highest BCUT2D eigenvalue weighted by Gasteiger charge is 2.21. The van der Waals surface area contributed by atoms with E-state index in [2.05, 4.69) is 15.5 Å². The highest BCUT2D eigenvalue weighted by atomic mass is 19.1. The Kier molecular flexibility index (Phi) is 5.63. The van der Waals surface area contributed by atoms with Crippen LogP contribution >= 0.6 is 0 Å². The molecular formula is C23H17F2N3O4. The van der Waals surface area contributed by atoms with Gasteiger partial charge in [-0.2, -0.15) is 0 Å². The van der Waals surface area contributed by atoms with Gasteiger partial charge in [0.2, 0.25) is 0 Å². The molecule has 2 aromatic heterocycles. The summed E-state index contributed by atoms with van der Waals surface area (Å²) >= 11 is 0. The van der Waals surface area contributed by atoms with Gasteiger partial charge in [0, 0.05) is 11.3 Å². The summed E-state index contributed by atoms with van der Waals surface area (Å²) in [6.07, 6.45) is 0. The second-order valence-corrected chi connectivity index (χ2v) is 7.10. The second-order valence-electron chi connectivity index (χ2n) is 7.10. The molecule has 4 rings (SSSR count). The lowest BCUT2D eigenvalue weighted by Gasteiger charge is -2.09. The van der Waals surface area contributed by atoms with Gasteiger partial charge in [0.1, 0.15) is 11.6 Å². The molecule has 0 aliphatic heterocycles. The van der Waals surface area contributed by atoms with Gasteiger partial charge in [0.15, 0.2) is 6.61 Å². The molecule has 0 saturated carbocycles. The molecule has 9 heteroatoms. The molecular weight excluding hydrogens is 420 g/mol. The normalized spacial score (nSPS) is 10.9. The van der Waals surface area contributed by atoms with Gasteiger partial charge in [0.05, 0.1) is 22.3 Å². The smallest absolute Gasteiger partial charge is 0.339 e. The number of rotatable bonds is 5. The minimum Gasteiger partial charge on any atom is -0.452 e. The molecule has 162 valence electrons. The van der Waals surface area contributed by atoms with Gasteiger partial charge >= 0.3 is 5.97 Å². The van der Waals surface area contributed by atoms with Crippen LogP contribution in [0.1, 0.15) is 21.6 Å². The van der Waals surface area contributed by atoms with Crippen molar-refractivity contribution in [1.29, 1.82) is 0 Å². The summed E-state index contributed by atoms with van der Waals surface area (Å²) in [5, 5.41) is 6.65. The fourth-order valence-corrected chi connectivity index (χ4v) is 3.10. The van der Waals surface area contributed by atoms with Crippen molar-refractivity contribution in [1.82, 2.24) is 10.1 Å². The van der Waals surface area contributed by atoms with Crippen molar-refractivity contribution in [2.45, 2.75) is 13.8 Å². The summed E-state index contributed by atoms with van der Waals surface area (Å²) in [7, 11) is 0. The van der Waals surface area contributed by atoms with Crippen LogP contribution in [0.2, 0.25) is 0 Å². The Bertz CT molecular complexity index is 1330. The highest BCUT2D eigenvalue weighted by molar-refractivity contribution is 6.05. The van der Waals surface area contributed by atoms with Gasteiger partial charge in [-0.05, 0) is 61.9 Å². The molecule has 0 unspecified atom stereocenters. The summed E-state index contributed by atoms with van der Waals surface area (Å²) < 4.78 is 37.3. The summed E-state index contributed by atoms with van der Waals surface area (Å²) in [6, 6.07) is 11.3. The average molecular weight is 437 g/mol. The molecule has 0 aliphatic carbocycles. The van der Waals surface area contributed by atoms with Crippen molar-refractivity contribution in [3.05, 3.63) is 77.0 Å². The average Bonchev–Trinajstić information content (AvgIpc) is 3.15. The fraction of sp³-hybridized carbons (Fsp3) is 0.130. The van der Waals surface area contributed by atoms with E-state index in [0.29, 0.717) is 27.9 Å². The van der Waals surface area contributed by atoms with Crippen LogP contribution in [0.4, 0.5) is 14.5 Å². The largest absolute Gasteiger partial charge is 0.452 e. The first kappa shape index (κ1) is 21.1. The Hall–Kier alpha value is -4.14. The first-order valence-corrected chi connectivity index (χ1v) is 9.58. The Labute approximate surface area is 181 Å². The first-order valence-electron chi connectivity index (χ1n) is 9.58. The van der Waals surface area contributed by atoms with E-state index in [1.54, 1.807) is 19.9 Å². The zero-order chi connectivity index (χ0) is 22.8. The van der Waals surface area contributed by atoms with Crippen LogP contribution in [0.25, 0.3) is 22.4 Å². The monoisotopic (exact) mass is 437 g/mol. The predicted molar refractivity (Wildman–Crippen MR) is 112 cm³/mol. The fourth-order valence-electron chi connectivity index (χ4n) is 3.10. The van der Waals surface area contributed by atoms with Crippen LogP contribution in [0.15, 0.2) is 53.1 Å². The van der Waals surface area contributed by atoms with Crippen LogP contribution in [-0.4, -0.2) is 28.6 Å². The third-order valence-electron chi connectivity index (χ3n) is 4.77. The number of anilines is 1. The maximum absolute atomic E-state index is 13.6. The topological polar surface area (TPSA) is 94.3 Å². The SMILES string of the molecule is Cc1ccc(NC(=O)COC(=O)c2cc(-c3ccc(F)cc3)nc3onc(C)c23)cc1F. The van der Waals surface area contributed by atoms with Crippen molar-refractivity contribution >= 4 is 28.7 Å². The Balaban J connectivity index is 1.55. The summed E-state index contributed by atoms with van der Waals surface area (Å²) in [5.41, 5.74) is 2.21. The van der Waals surface area contributed by atoms with E-state index in [9.17, 15) is 18.4 Å². The van der Waals surface area contributed by atoms with Crippen molar-refractivity contribution < 1.29 is 27.6 Å². The first-order chi connectivity index (χ1) is 15.3. The number of ether oxygens (including phenoxy) is 1. The number of pyridine rings is 1. The minimum atomic E-state index is -0.794. The lowest BCUT2D eigenvalue weighted by atomic mass is 10.1. The van der Waals surface area contributed by atoms with Crippen molar-refractivity contribution in [2.75, 3.05) is 11.9 Å². The van der Waals surface area contributed by atoms with E-state index in [1.807, 2.05) is 0 Å². The van der Waals surface area contributed by atoms with Gasteiger partial charge in [-0.1, -0.05) is 11.2 Å². The summed E-state index contributed by atoms with van der Waals surface area (Å²) in [4.78, 5) is 29.3. The predicted octanol–water partition coefficient (Wildman–Crippen LogP) is 4.58. The van der Waals surface area contributed by atoms with Gasteiger partial charge in [-0.25, -0.2) is 18.6 Å². The van der Waals surface area contributed by atoms with E-state index in [-0.39, 0.29) is 17.0 Å². The molecule has 2 heterocycles. The van der Waals surface area contributed by atoms with Crippen molar-refractivity contribution in [3.63, 3.8) is 0 Å². The van der Waals surface area contributed by atoms with Crippen LogP contribution in [0.5, 0.6) is 0 Å². The van der Waals surface area contributed by atoms with E-state index < -0.39 is 30.1 Å². The molecule has 0 saturated heterocycles. The summed E-state index contributed by atoms with van der Waals surface area (Å²) in [6.45, 7) is 2.65. The number of esters is 1. The summed E-state index contributed by atoms with van der Waals surface area (Å²) in [5.74, 6) is -2.30. The van der Waals surface area contributed by atoms with Crippen molar-refractivity contribution in [3.8, 4) is 11.3 Å². The number of aromatic nitrogens is 2. The number of nitrogens with zero attached hydrogens (tertiary/aromatic N) is 2. The minimum absolute atomic E-state index is 0.0993. The maximum atomic E-state index is 13.6. The second kappa shape index (κ2) is 8.54. The Morgan fingerprint density at radius 3 is 2.53 bits per heavy atom. The van der Waals surface area contributed by atoms with Gasteiger partial charge in [0.25, 0.3) is 11.6 Å². The molecule has 32 heavy (non-hydrogen) atoms. The molecule has 7 nitrogen and oxygen atoms in total. The molecule has 0 radical (unpaired) electrons. The van der Waals surface area contributed by atoms with Gasteiger partial charge in [-0.3, -0.25) is 4.79 Å². The van der Waals surface area contributed by atoms with E-state index in [4.69, 9.17) is 9.26 Å². The highest BCUT2D eigenvalue weighted by Crippen LogP contribution is 2.27. The number of halogens is 2. The number of fused-ring (bicyclic) bond motifs is 1. The number of aryl methyl sites for hydroxylation is 2. The number of carbonyl (C=O) groups is 2. The van der Waals surface area contributed by atoms with Crippen LogP contribution in [0, 0.1) is 25.5 Å². The lowest BCUT2D eigenvalue weighted by molar-refractivity contribution is -0.119. The lowest BCUT2D eigenvalue weighted by Crippen LogP contribution is -2.21. The zero-order valence-corrected chi connectivity index (χ0v) is 17.1. The molecule has 4 aromatic rings. The Morgan fingerprint density at radius 1 is 1.06 bits per heavy atom. The standard InChI is InChI=1S/C23H17F2N3O4/c1-12-3-8-16(9-18(12)25)26-20(29)11-31-23(30)17-10-19(14-4-6-15(24)7-5-14)27-22-21(17)13(2)28-32-22/h3-10H,11H2,1-2H3,(H,26,29). The molecule has 2 aromatic carbocycles. The number of hydrogen-bond donors (Lipinski definition) is 1. The van der Waals surface area contributed by atoms with Gasteiger partial charge < -0.3 is 14.6 Å². The number of nitrogens with one attached hydrogen (secondary N) is 1. The van der Waals surface area contributed by atoms with Crippen LogP contribution in [-0.2, 0) is 9.53 Å². The zero-order valence-electron chi connectivity index (χ0n) is 17.1. The third-order valence-corrected chi connectivity index (χ3v) is 4.77. The maximum Gasteiger partial charge on any atom is 0.339 e. The molecule has 0 atom stereocenters. The molecule has 0 bridgehead atoms. The molecule has 0 aliphatic rings. The van der Waals surface area contributed by atoms with E-state index in [0.717, 1.165) is 0 Å². The van der Waals surface area contributed by atoms with Crippen LogP contribution < -0.4 is 5.32 Å². The van der Waals surface area contributed by atoms with Crippen LogP contribution in [0.3, 0.4) is 0 Å². The number of hydrogen-bond acceptors (Lipinski definition) is 6. The quantitative estimate of drug-likeness (QED) is 0.460. The molecule has 0 spiro atoms. The number of benzene rings is 2. The third kappa shape index (κ3) is 4.31. The molecule has 0 fully saturated rings. The number of amides is 1. The van der Waals surface area contributed by atoms with E-state index >= 15 is 0 Å². The Morgan fingerprint density at radius 2 is 1.81 bits per heavy atom. The van der Waals surface area contributed by atoms with E-state index in [1.165, 1.54) is 42.5 Å². The number of carbonyl (C=O) groups excluding carboxylic acids is 2.